The molecular weight excluding hydrogens is 492 g/mol. The van der Waals surface area contributed by atoms with Crippen molar-refractivity contribution in [2.24, 2.45) is 11.8 Å². The number of hydrogen-bond acceptors (Lipinski definition) is 6. The van der Waals surface area contributed by atoms with Crippen LogP contribution in [0.25, 0.3) is 22.1 Å². The summed E-state index contributed by atoms with van der Waals surface area (Å²) in [7, 11) is 0. The van der Waals surface area contributed by atoms with Crippen LogP contribution in [-0.2, 0) is 38.7 Å². The normalized spacial score (nSPS) is 17.0. The lowest BCUT2D eigenvalue weighted by molar-refractivity contribution is -0.152. The van der Waals surface area contributed by atoms with Crippen molar-refractivity contribution in [3.8, 4) is 0 Å². The Kier molecular flexibility index (Phi) is 7.61. The Morgan fingerprint density at radius 3 is 1.54 bits per heavy atom. The molecule has 6 rings (SSSR count). The van der Waals surface area contributed by atoms with Crippen molar-refractivity contribution in [3.63, 3.8) is 0 Å². The zero-order valence-electron chi connectivity index (χ0n) is 22.3. The van der Waals surface area contributed by atoms with E-state index >= 15 is 0 Å². The minimum Gasteiger partial charge on any atom is -0.457 e. The van der Waals surface area contributed by atoms with Gasteiger partial charge in [0.05, 0.1) is 33.9 Å². The highest BCUT2D eigenvalue weighted by Gasteiger charge is 2.24. The maximum absolute atomic E-state index is 12.4. The minimum absolute atomic E-state index is 0.0367. The Morgan fingerprint density at radius 2 is 1.10 bits per heavy atom. The van der Waals surface area contributed by atoms with E-state index < -0.39 is 0 Å². The fourth-order valence-corrected chi connectivity index (χ4v) is 6.00. The van der Waals surface area contributed by atoms with E-state index in [0.717, 1.165) is 91.0 Å². The third-order valence-corrected chi connectivity index (χ3v) is 8.18. The number of rotatable bonds is 8. The first-order valence-corrected chi connectivity index (χ1v) is 14.4. The highest BCUT2D eigenvalue weighted by Crippen LogP contribution is 2.26. The maximum Gasteiger partial charge on any atom is 0.309 e. The van der Waals surface area contributed by atoms with Crippen LogP contribution in [0.3, 0.4) is 0 Å². The molecule has 2 aliphatic rings. The third kappa shape index (κ3) is 6.15. The molecule has 2 N–H and O–H groups in total. The number of hydrogen-bond donors (Lipinski definition) is 2. The fraction of sp³-hybridized carbons (Fsp3) is 0.484. The molecular formula is C31H36N4O4. The molecule has 4 aromatic rings. The van der Waals surface area contributed by atoms with Crippen LogP contribution in [0.15, 0.2) is 36.4 Å². The molecule has 8 heteroatoms. The predicted molar refractivity (Wildman–Crippen MR) is 148 cm³/mol. The SMILES string of the molecule is O=C(OCc1nc2ccc(Cc3ccc4nc(COC(=O)C5CCCCC5)[nH]c4c3)cc2[nH]1)C1CCCCC1. The van der Waals surface area contributed by atoms with Crippen molar-refractivity contribution in [2.75, 3.05) is 0 Å². The number of aromatic nitrogens is 4. The minimum atomic E-state index is -0.101. The van der Waals surface area contributed by atoms with Gasteiger partial charge in [-0.3, -0.25) is 9.59 Å². The zero-order chi connectivity index (χ0) is 26.6. The smallest absolute Gasteiger partial charge is 0.309 e. The third-order valence-electron chi connectivity index (χ3n) is 8.18. The Labute approximate surface area is 227 Å². The van der Waals surface area contributed by atoms with Gasteiger partial charge in [0.15, 0.2) is 0 Å². The van der Waals surface area contributed by atoms with Crippen LogP contribution < -0.4 is 0 Å². The molecule has 2 heterocycles. The number of aromatic amines is 2. The van der Waals surface area contributed by atoms with Crippen LogP contribution >= 0.6 is 0 Å². The van der Waals surface area contributed by atoms with Crippen molar-refractivity contribution in [1.82, 2.24) is 19.9 Å². The van der Waals surface area contributed by atoms with Gasteiger partial charge in [-0.15, -0.1) is 0 Å². The van der Waals surface area contributed by atoms with Gasteiger partial charge in [0.25, 0.3) is 0 Å². The van der Waals surface area contributed by atoms with Gasteiger partial charge in [-0.2, -0.15) is 0 Å². The highest BCUT2D eigenvalue weighted by molar-refractivity contribution is 5.78. The second-order valence-corrected chi connectivity index (χ2v) is 11.1. The first kappa shape index (κ1) is 25.6. The van der Waals surface area contributed by atoms with E-state index in [4.69, 9.17) is 9.47 Å². The molecule has 2 fully saturated rings. The highest BCUT2D eigenvalue weighted by atomic mass is 16.5. The summed E-state index contributed by atoms with van der Waals surface area (Å²) in [4.78, 5) is 40.6. The first-order valence-electron chi connectivity index (χ1n) is 14.4. The number of carbonyl (C=O) groups is 2. The second-order valence-electron chi connectivity index (χ2n) is 11.1. The summed E-state index contributed by atoms with van der Waals surface area (Å²) in [6.07, 6.45) is 11.3. The second kappa shape index (κ2) is 11.6. The van der Waals surface area contributed by atoms with Gasteiger partial charge < -0.3 is 19.4 Å². The average Bonchev–Trinajstić information content (AvgIpc) is 3.58. The van der Waals surface area contributed by atoms with Crippen molar-refractivity contribution in [2.45, 2.75) is 83.8 Å². The van der Waals surface area contributed by atoms with Crippen LogP contribution in [0, 0.1) is 11.8 Å². The topological polar surface area (TPSA) is 110 Å². The summed E-state index contributed by atoms with van der Waals surface area (Å²) in [5.74, 6) is 1.21. The molecule has 0 radical (unpaired) electrons. The molecule has 2 aromatic heterocycles. The number of esters is 2. The molecule has 204 valence electrons. The van der Waals surface area contributed by atoms with E-state index in [0.29, 0.717) is 11.6 Å². The summed E-state index contributed by atoms with van der Waals surface area (Å²) in [5, 5.41) is 0. The van der Waals surface area contributed by atoms with Gasteiger partial charge in [0, 0.05) is 0 Å². The van der Waals surface area contributed by atoms with Crippen molar-refractivity contribution < 1.29 is 19.1 Å². The summed E-state index contributed by atoms with van der Waals surface area (Å²) >= 11 is 0. The predicted octanol–water partition coefficient (Wildman–Crippen LogP) is 6.28. The Bertz CT molecular complexity index is 1350. The van der Waals surface area contributed by atoms with Crippen LogP contribution in [0.5, 0.6) is 0 Å². The number of ether oxygens (including phenoxy) is 2. The molecule has 0 bridgehead atoms. The number of H-pyrrole nitrogens is 2. The van der Waals surface area contributed by atoms with Crippen molar-refractivity contribution in [1.29, 1.82) is 0 Å². The largest absolute Gasteiger partial charge is 0.457 e. The van der Waals surface area contributed by atoms with Crippen molar-refractivity contribution >= 4 is 34.0 Å². The number of nitrogens with zero attached hydrogens (tertiary/aromatic N) is 2. The van der Waals surface area contributed by atoms with Crippen molar-refractivity contribution in [3.05, 3.63) is 59.2 Å². The lowest BCUT2D eigenvalue weighted by atomic mass is 9.89. The molecule has 0 spiro atoms. The van der Waals surface area contributed by atoms with Gasteiger partial charge in [0.1, 0.15) is 24.9 Å². The standard InChI is InChI=1S/C31H36N4O4/c36-30(22-7-3-1-4-8-22)38-18-28-32-24-13-11-20(16-26(24)34-28)15-21-12-14-25-27(17-21)35-29(33-25)19-39-31(37)23-9-5-2-6-10-23/h11-14,16-17,22-23H,1-10,15,18-19H2,(H,32,34)(H,33,35). The molecule has 39 heavy (non-hydrogen) atoms. The molecule has 2 saturated carbocycles. The average molecular weight is 529 g/mol. The number of nitrogens with one attached hydrogen (secondary N) is 2. The quantitative estimate of drug-likeness (QED) is 0.261. The molecule has 8 nitrogen and oxygen atoms in total. The number of carbonyl (C=O) groups excluding carboxylic acids is 2. The monoisotopic (exact) mass is 528 g/mol. The van der Waals surface area contributed by atoms with Gasteiger partial charge >= 0.3 is 11.9 Å². The summed E-state index contributed by atoms with van der Waals surface area (Å²) in [6.45, 7) is 0.349. The van der Waals surface area contributed by atoms with Gasteiger partial charge in [-0.05, 0) is 67.5 Å². The summed E-state index contributed by atoms with van der Waals surface area (Å²) < 4.78 is 11.1. The van der Waals surface area contributed by atoms with E-state index in [-0.39, 0.29) is 37.0 Å². The molecule has 2 aliphatic carbocycles. The van der Waals surface area contributed by atoms with Crippen LogP contribution in [0.2, 0.25) is 0 Å². The van der Waals surface area contributed by atoms with E-state index in [2.05, 4.69) is 44.2 Å². The van der Waals surface area contributed by atoms with E-state index in [9.17, 15) is 9.59 Å². The van der Waals surface area contributed by atoms with Gasteiger partial charge in [-0.25, -0.2) is 9.97 Å². The Morgan fingerprint density at radius 1 is 0.667 bits per heavy atom. The molecule has 0 amide bonds. The lowest BCUT2D eigenvalue weighted by Crippen LogP contribution is -2.20. The molecule has 0 unspecified atom stereocenters. The zero-order valence-corrected chi connectivity index (χ0v) is 22.3. The van der Waals surface area contributed by atoms with Crippen LogP contribution in [0.4, 0.5) is 0 Å². The molecule has 0 atom stereocenters. The van der Waals surface area contributed by atoms with E-state index in [1.54, 1.807) is 0 Å². The maximum atomic E-state index is 12.4. The summed E-state index contributed by atoms with van der Waals surface area (Å²) in [5.41, 5.74) is 5.88. The van der Waals surface area contributed by atoms with E-state index in [1.807, 2.05) is 12.1 Å². The number of imidazole rings is 2. The molecule has 0 saturated heterocycles. The van der Waals surface area contributed by atoms with Gasteiger partial charge in [0.2, 0.25) is 0 Å². The number of fused-ring (bicyclic) bond motifs is 2. The Hall–Kier alpha value is -3.68. The van der Waals surface area contributed by atoms with E-state index in [1.165, 1.54) is 12.8 Å². The summed E-state index contributed by atoms with van der Waals surface area (Å²) in [6, 6.07) is 12.4. The lowest BCUT2D eigenvalue weighted by Gasteiger charge is -2.19. The first-order chi connectivity index (χ1) is 19.1. The molecule has 0 aliphatic heterocycles. The van der Waals surface area contributed by atoms with Crippen LogP contribution in [-0.4, -0.2) is 31.9 Å². The van der Waals surface area contributed by atoms with Crippen LogP contribution in [0.1, 0.15) is 87.0 Å². The van der Waals surface area contributed by atoms with Gasteiger partial charge in [-0.1, -0.05) is 50.7 Å². The fourth-order valence-electron chi connectivity index (χ4n) is 6.00. The Balaban J connectivity index is 1.07. The number of benzene rings is 2. The molecule has 2 aromatic carbocycles.